The Balaban J connectivity index is 1.43. The van der Waals surface area contributed by atoms with Crippen molar-refractivity contribution in [2.75, 3.05) is 39.4 Å². The number of H-pyrrole nitrogens is 1. The number of ether oxygens (including phenoxy) is 1. The van der Waals surface area contributed by atoms with Gasteiger partial charge in [0, 0.05) is 54.2 Å². The third kappa shape index (κ3) is 3.26. The van der Waals surface area contributed by atoms with Gasteiger partial charge in [0.05, 0.1) is 13.2 Å². The topological polar surface area (TPSA) is 68.9 Å². The van der Waals surface area contributed by atoms with Crippen molar-refractivity contribution in [1.82, 2.24) is 19.7 Å². The van der Waals surface area contributed by atoms with Crippen LogP contribution in [0.15, 0.2) is 48.5 Å². The van der Waals surface area contributed by atoms with Crippen molar-refractivity contribution >= 4 is 34.4 Å². The van der Waals surface area contributed by atoms with Gasteiger partial charge < -0.3 is 9.72 Å². The lowest BCUT2D eigenvalue weighted by atomic mass is 9.81. The largest absolute Gasteiger partial charge is 0.379 e. The quantitative estimate of drug-likeness (QED) is 0.579. The number of carbonyl (C=O) groups excluding carboxylic acids is 2. The number of benzene rings is 2. The van der Waals surface area contributed by atoms with E-state index in [2.05, 4.69) is 9.88 Å². The van der Waals surface area contributed by atoms with E-state index in [0.29, 0.717) is 37.7 Å². The van der Waals surface area contributed by atoms with Crippen molar-refractivity contribution < 1.29 is 14.3 Å². The Labute approximate surface area is 203 Å². The number of urea groups is 1. The van der Waals surface area contributed by atoms with Crippen molar-refractivity contribution in [3.63, 3.8) is 0 Å². The Morgan fingerprint density at radius 3 is 2.62 bits per heavy atom. The molecular weight excluding hydrogens is 452 g/mol. The van der Waals surface area contributed by atoms with Crippen LogP contribution in [0, 0.1) is 0 Å². The van der Waals surface area contributed by atoms with E-state index in [-0.39, 0.29) is 18.0 Å². The third-order valence-corrected chi connectivity index (χ3v) is 7.72. The molecular formula is C26H27ClN4O3. The number of imide groups is 1. The Kier molecular flexibility index (Phi) is 5.17. The summed E-state index contributed by atoms with van der Waals surface area (Å²) in [6.45, 7) is 5.96. The number of morpholine rings is 1. The number of amides is 3. The standard InChI is InChI=1S/C26H27ClN4O3/c1-26-16-20-19-15-18(27)7-8-21(19)28-22(20)23(17-5-3-2-4-6-17)31(26)25(33)30(24(26)32)10-9-29-11-13-34-14-12-29/h2-8,15,23,28H,9-14,16H2,1H3. The van der Waals surface area contributed by atoms with Gasteiger partial charge in [0.1, 0.15) is 11.6 Å². The second-order valence-corrected chi connectivity index (χ2v) is 9.97. The molecule has 2 fully saturated rings. The predicted molar refractivity (Wildman–Crippen MR) is 130 cm³/mol. The molecule has 176 valence electrons. The molecule has 4 heterocycles. The molecule has 34 heavy (non-hydrogen) atoms. The van der Waals surface area contributed by atoms with Crippen LogP contribution in [0.3, 0.4) is 0 Å². The minimum atomic E-state index is -0.965. The van der Waals surface area contributed by atoms with Crippen LogP contribution in [-0.2, 0) is 16.0 Å². The van der Waals surface area contributed by atoms with Crippen LogP contribution in [0.4, 0.5) is 4.79 Å². The van der Waals surface area contributed by atoms with Crippen LogP contribution in [0.25, 0.3) is 10.9 Å². The fraction of sp³-hybridized carbons (Fsp3) is 0.385. The van der Waals surface area contributed by atoms with E-state index in [0.717, 1.165) is 40.8 Å². The molecule has 3 aromatic rings. The molecule has 2 aromatic carbocycles. The first-order valence-corrected chi connectivity index (χ1v) is 12.2. The van der Waals surface area contributed by atoms with E-state index in [1.54, 1.807) is 4.90 Å². The SMILES string of the molecule is CC12Cc3c([nH]c4ccc(Cl)cc34)C(c3ccccc3)N1C(=O)N(CCN1CCOCC1)C2=O. The van der Waals surface area contributed by atoms with Gasteiger partial charge in [-0.1, -0.05) is 41.9 Å². The average molecular weight is 479 g/mol. The fourth-order valence-corrected chi connectivity index (χ4v) is 5.90. The van der Waals surface area contributed by atoms with Gasteiger partial charge in [-0.2, -0.15) is 0 Å². The average Bonchev–Trinajstić information content (AvgIpc) is 3.29. The second-order valence-electron chi connectivity index (χ2n) is 9.53. The van der Waals surface area contributed by atoms with E-state index in [1.165, 1.54) is 4.90 Å². The van der Waals surface area contributed by atoms with Gasteiger partial charge in [0.15, 0.2) is 0 Å². The molecule has 8 heteroatoms. The van der Waals surface area contributed by atoms with Gasteiger partial charge in [-0.05, 0) is 36.2 Å². The summed E-state index contributed by atoms with van der Waals surface area (Å²) in [5.74, 6) is -0.131. The molecule has 2 unspecified atom stereocenters. The normalized spacial score (nSPS) is 25.2. The summed E-state index contributed by atoms with van der Waals surface area (Å²) < 4.78 is 5.43. The number of hydrogen-bond donors (Lipinski definition) is 1. The van der Waals surface area contributed by atoms with E-state index < -0.39 is 5.54 Å². The molecule has 0 saturated carbocycles. The summed E-state index contributed by atoms with van der Waals surface area (Å²) in [4.78, 5) is 36.7. The van der Waals surface area contributed by atoms with Gasteiger partial charge in [-0.25, -0.2) is 4.79 Å². The molecule has 6 rings (SSSR count). The summed E-state index contributed by atoms with van der Waals surface area (Å²) in [6.07, 6.45) is 0.449. The van der Waals surface area contributed by atoms with Crippen LogP contribution in [-0.4, -0.2) is 76.6 Å². The van der Waals surface area contributed by atoms with E-state index in [4.69, 9.17) is 16.3 Å². The highest BCUT2D eigenvalue weighted by molar-refractivity contribution is 6.31. The fourth-order valence-electron chi connectivity index (χ4n) is 5.73. The minimum absolute atomic E-state index is 0.131. The van der Waals surface area contributed by atoms with Crippen molar-refractivity contribution in [3.05, 3.63) is 70.4 Å². The first-order valence-electron chi connectivity index (χ1n) is 11.8. The van der Waals surface area contributed by atoms with Gasteiger partial charge in [0.25, 0.3) is 5.91 Å². The van der Waals surface area contributed by atoms with Crippen LogP contribution in [0.2, 0.25) is 5.02 Å². The number of halogens is 1. The summed E-state index contributed by atoms with van der Waals surface area (Å²) in [6, 6.07) is 15.1. The van der Waals surface area contributed by atoms with Crippen LogP contribution in [0.5, 0.6) is 0 Å². The zero-order valence-electron chi connectivity index (χ0n) is 19.1. The number of nitrogens with one attached hydrogen (secondary N) is 1. The lowest BCUT2D eigenvalue weighted by Gasteiger charge is -2.42. The molecule has 2 atom stereocenters. The number of fused-ring (bicyclic) bond motifs is 4. The van der Waals surface area contributed by atoms with Crippen molar-refractivity contribution in [2.24, 2.45) is 0 Å². The molecule has 0 spiro atoms. The lowest BCUT2D eigenvalue weighted by Crippen LogP contribution is -2.53. The van der Waals surface area contributed by atoms with Gasteiger partial charge >= 0.3 is 6.03 Å². The molecule has 0 radical (unpaired) electrons. The van der Waals surface area contributed by atoms with Gasteiger partial charge in [-0.15, -0.1) is 0 Å². The Bertz CT molecular complexity index is 1270. The van der Waals surface area contributed by atoms with E-state index in [1.807, 2.05) is 55.5 Å². The monoisotopic (exact) mass is 478 g/mol. The Morgan fingerprint density at radius 1 is 1.09 bits per heavy atom. The smallest absolute Gasteiger partial charge is 0.328 e. The Hall–Kier alpha value is -2.87. The molecule has 3 aliphatic heterocycles. The molecule has 1 N–H and O–H groups in total. The molecule has 2 saturated heterocycles. The second kappa shape index (κ2) is 8.12. The summed E-state index contributed by atoms with van der Waals surface area (Å²) in [5.41, 5.74) is 2.98. The maximum atomic E-state index is 13.8. The van der Waals surface area contributed by atoms with Crippen LogP contribution in [0.1, 0.15) is 29.8 Å². The first-order chi connectivity index (χ1) is 16.5. The number of nitrogens with zero attached hydrogens (tertiary/aromatic N) is 3. The summed E-state index contributed by atoms with van der Waals surface area (Å²) >= 11 is 6.34. The van der Waals surface area contributed by atoms with Gasteiger partial charge in [0.2, 0.25) is 0 Å². The number of carbonyl (C=O) groups is 2. The summed E-state index contributed by atoms with van der Waals surface area (Å²) in [5, 5.41) is 1.66. The number of aromatic nitrogens is 1. The molecule has 1 aromatic heterocycles. The molecule has 0 bridgehead atoms. The minimum Gasteiger partial charge on any atom is -0.379 e. The van der Waals surface area contributed by atoms with E-state index >= 15 is 0 Å². The highest BCUT2D eigenvalue weighted by Crippen LogP contribution is 2.48. The van der Waals surface area contributed by atoms with Gasteiger partial charge in [-0.3, -0.25) is 19.5 Å². The molecule has 3 aliphatic rings. The predicted octanol–water partition coefficient (Wildman–Crippen LogP) is 3.82. The first kappa shape index (κ1) is 21.6. The number of hydrogen-bond acceptors (Lipinski definition) is 4. The zero-order valence-corrected chi connectivity index (χ0v) is 19.8. The van der Waals surface area contributed by atoms with Crippen LogP contribution >= 0.6 is 11.6 Å². The number of aromatic amines is 1. The maximum Gasteiger partial charge on any atom is 0.328 e. The van der Waals surface area contributed by atoms with E-state index in [9.17, 15) is 9.59 Å². The van der Waals surface area contributed by atoms with Crippen molar-refractivity contribution in [2.45, 2.75) is 24.9 Å². The number of rotatable bonds is 4. The highest BCUT2D eigenvalue weighted by Gasteiger charge is 2.60. The zero-order chi connectivity index (χ0) is 23.4. The third-order valence-electron chi connectivity index (χ3n) is 7.49. The molecule has 7 nitrogen and oxygen atoms in total. The molecule has 0 aliphatic carbocycles. The summed E-state index contributed by atoms with van der Waals surface area (Å²) in [7, 11) is 0. The lowest BCUT2D eigenvalue weighted by molar-refractivity contribution is -0.133. The molecule has 3 amide bonds. The Morgan fingerprint density at radius 2 is 1.85 bits per heavy atom. The van der Waals surface area contributed by atoms with Crippen molar-refractivity contribution in [1.29, 1.82) is 0 Å². The maximum absolute atomic E-state index is 13.8. The highest BCUT2D eigenvalue weighted by atomic mass is 35.5. The van der Waals surface area contributed by atoms with Crippen molar-refractivity contribution in [3.8, 4) is 0 Å². The van der Waals surface area contributed by atoms with Crippen LogP contribution < -0.4 is 0 Å².